The third-order valence-corrected chi connectivity index (χ3v) is 5.44. The SMILES string of the molecule is COc1cc(C)cc(N2CCN(C(=O)Cc3nc4cc(F)ccc4nc3OC)CC2)c1. The fourth-order valence-corrected chi connectivity index (χ4v) is 3.82. The second-order valence-electron chi connectivity index (χ2n) is 7.57. The van der Waals surface area contributed by atoms with Gasteiger partial charge in [-0.15, -0.1) is 0 Å². The Bertz CT molecular complexity index is 1110. The number of benzene rings is 2. The van der Waals surface area contributed by atoms with Crippen molar-refractivity contribution in [2.45, 2.75) is 13.3 Å². The number of hydrogen-bond acceptors (Lipinski definition) is 6. The monoisotopic (exact) mass is 424 g/mol. The number of fused-ring (bicyclic) bond motifs is 1. The Balaban J connectivity index is 1.45. The molecule has 162 valence electrons. The van der Waals surface area contributed by atoms with E-state index in [1.165, 1.54) is 19.2 Å². The third-order valence-electron chi connectivity index (χ3n) is 5.44. The Hall–Kier alpha value is -3.42. The molecule has 0 saturated carbocycles. The number of carbonyl (C=O) groups is 1. The Morgan fingerprint density at radius 1 is 1.00 bits per heavy atom. The smallest absolute Gasteiger partial charge is 0.236 e. The quantitative estimate of drug-likeness (QED) is 0.627. The zero-order valence-electron chi connectivity index (χ0n) is 17.9. The number of methoxy groups -OCH3 is 2. The number of hydrogen-bond donors (Lipinski definition) is 0. The molecule has 3 aromatic rings. The highest BCUT2D eigenvalue weighted by Crippen LogP contribution is 2.25. The summed E-state index contributed by atoms with van der Waals surface area (Å²) < 4.78 is 24.3. The van der Waals surface area contributed by atoms with Gasteiger partial charge in [-0.1, -0.05) is 0 Å². The molecule has 1 saturated heterocycles. The van der Waals surface area contributed by atoms with Crippen molar-refractivity contribution in [3.05, 3.63) is 53.5 Å². The Morgan fingerprint density at radius 3 is 2.48 bits per heavy atom. The number of carbonyl (C=O) groups excluding carboxylic acids is 1. The summed E-state index contributed by atoms with van der Waals surface area (Å²) in [6.45, 7) is 4.70. The highest BCUT2D eigenvalue weighted by atomic mass is 19.1. The molecule has 1 amide bonds. The summed E-state index contributed by atoms with van der Waals surface area (Å²) in [5.74, 6) is 0.669. The summed E-state index contributed by atoms with van der Waals surface area (Å²) in [5.41, 5.74) is 3.56. The van der Waals surface area contributed by atoms with Gasteiger partial charge in [-0.25, -0.2) is 14.4 Å². The van der Waals surface area contributed by atoms with Gasteiger partial charge in [0.05, 0.1) is 31.7 Å². The van der Waals surface area contributed by atoms with Crippen LogP contribution in [0.1, 0.15) is 11.3 Å². The van der Waals surface area contributed by atoms with E-state index in [0.717, 1.165) is 30.1 Å². The van der Waals surface area contributed by atoms with Crippen molar-refractivity contribution >= 4 is 22.6 Å². The molecule has 1 aromatic heterocycles. The lowest BCUT2D eigenvalue weighted by molar-refractivity contribution is -0.130. The van der Waals surface area contributed by atoms with Crippen molar-refractivity contribution in [2.75, 3.05) is 45.3 Å². The van der Waals surface area contributed by atoms with Crippen LogP contribution >= 0.6 is 0 Å². The molecule has 0 N–H and O–H groups in total. The minimum atomic E-state index is -0.395. The lowest BCUT2D eigenvalue weighted by atomic mass is 10.1. The number of nitrogens with zero attached hydrogens (tertiary/aromatic N) is 4. The van der Waals surface area contributed by atoms with Gasteiger partial charge < -0.3 is 19.3 Å². The first kappa shape index (κ1) is 20.8. The second-order valence-corrected chi connectivity index (χ2v) is 7.57. The molecular formula is C23H25FN4O3. The highest BCUT2D eigenvalue weighted by molar-refractivity contribution is 5.81. The fraction of sp³-hybridized carbons (Fsp3) is 0.348. The van der Waals surface area contributed by atoms with E-state index in [9.17, 15) is 9.18 Å². The summed E-state index contributed by atoms with van der Waals surface area (Å²) >= 11 is 0. The van der Waals surface area contributed by atoms with Gasteiger partial charge in [-0.05, 0) is 36.8 Å². The number of ether oxygens (including phenoxy) is 2. The van der Waals surface area contributed by atoms with Gasteiger partial charge in [0.25, 0.3) is 0 Å². The first-order valence-electron chi connectivity index (χ1n) is 10.2. The van der Waals surface area contributed by atoms with Gasteiger partial charge in [0.2, 0.25) is 11.8 Å². The molecule has 4 rings (SSSR count). The van der Waals surface area contributed by atoms with Gasteiger partial charge in [-0.2, -0.15) is 0 Å². The van der Waals surface area contributed by atoms with Crippen molar-refractivity contribution in [1.29, 1.82) is 0 Å². The lowest BCUT2D eigenvalue weighted by Crippen LogP contribution is -2.49. The molecule has 0 bridgehead atoms. The van der Waals surface area contributed by atoms with E-state index in [0.29, 0.717) is 29.8 Å². The summed E-state index contributed by atoms with van der Waals surface area (Å²) in [6, 6.07) is 10.3. The summed E-state index contributed by atoms with van der Waals surface area (Å²) in [4.78, 5) is 25.8. The number of anilines is 1. The van der Waals surface area contributed by atoms with Crippen molar-refractivity contribution in [3.8, 4) is 11.6 Å². The summed E-state index contributed by atoms with van der Waals surface area (Å²) in [5, 5.41) is 0. The first-order valence-corrected chi connectivity index (χ1v) is 10.2. The number of piperazine rings is 1. The van der Waals surface area contributed by atoms with E-state index in [2.05, 4.69) is 20.9 Å². The predicted octanol–water partition coefficient (Wildman–Crippen LogP) is 2.99. The van der Waals surface area contributed by atoms with Crippen molar-refractivity contribution in [3.63, 3.8) is 0 Å². The minimum absolute atomic E-state index is 0.0511. The van der Waals surface area contributed by atoms with Crippen LogP contribution in [0.3, 0.4) is 0 Å². The molecule has 2 aromatic carbocycles. The number of aromatic nitrogens is 2. The van der Waals surface area contributed by atoms with Gasteiger partial charge in [0.15, 0.2) is 0 Å². The van der Waals surface area contributed by atoms with Gasteiger partial charge in [-0.3, -0.25) is 4.79 Å². The lowest BCUT2D eigenvalue weighted by Gasteiger charge is -2.36. The molecule has 1 fully saturated rings. The summed E-state index contributed by atoms with van der Waals surface area (Å²) in [7, 11) is 3.15. The fourth-order valence-electron chi connectivity index (χ4n) is 3.82. The Kier molecular flexibility index (Phi) is 5.88. The minimum Gasteiger partial charge on any atom is -0.497 e. The zero-order chi connectivity index (χ0) is 22.0. The van der Waals surface area contributed by atoms with E-state index in [4.69, 9.17) is 9.47 Å². The van der Waals surface area contributed by atoms with Crippen LogP contribution < -0.4 is 14.4 Å². The van der Waals surface area contributed by atoms with Crippen molar-refractivity contribution in [1.82, 2.24) is 14.9 Å². The molecule has 31 heavy (non-hydrogen) atoms. The molecule has 0 unspecified atom stereocenters. The molecule has 0 aliphatic carbocycles. The first-order chi connectivity index (χ1) is 15.0. The van der Waals surface area contributed by atoms with Crippen LogP contribution in [0.25, 0.3) is 11.0 Å². The topological polar surface area (TPSA) is 67.8 Å². The number of amides is 1. The summed E-state index contributed by atoms with van der Waals surface area (Å²) in [6.07, 6.45) is 0.0564. The van der Waals surface area contributed by atoms with Crippen LogP contribution in [0.4, 0.5) is 10.1 Å². The number of aryl methyl sites for hydroxylation is 1. The molecule has 0 radical (unpaired) electrons. The standard InChI is InChI=1S/C23H25FN4O3/c1-15-10-17(13-18(11-15)30-2)27-6-8-28(9-7-27)22(29)14-21-23(31-3)26-19-5-4-16(24)12-20(19)25-21/h4-5,10-13H,6-9,14H2,1-3H3. The Labute approximate surface area is 180 Å². The van der Waals surface area contributed by atoms with Gasteiger partial charge in [0.1, 0.15) is 17.3 Å². The van der Waals surface area contributed by atoms with E-state index in [-0.39, 0.29) is 18.2 Å². The van der Waals surface area contributed by atoms with E-state index in [1.807, 2.05) is 24.0 Å². The van der Waals surface area contributed by atoms with Crippen LogP contribution in [0.2, 0.25) is 0 Å². The van der Waals surface area contributed by atoms with Crippen molar-refractivity contribution in [2.24, 2.45) is 0 Å². The van der Waals surface area contributed by atoms with Gasteiger partial charge in [0, 0.05) is 44.0 Å². The van der Waals surface area contributed by atoms with Gasteiger partial charge >= 0.3 is 0 Å². The molecule has 1 aliphatic rings. The van der Waals surface area contributed by atoms with Crippen molar-refractivity contribution < 1.29 is 18.7 Å². The van der Waals surface area contributed by atoms with E-state index < -0.39 is 5.82 Å². The van der Waals surface area contributed by atoms with Crippen LogP contribution in [0.5, 0.6) is 11.6 Å². The van der Waals surface area contributed by atoms with E-state index in [1.54, 1.807) is 13.2 Å². The van der Waals surface area contributed by atoms with Crippen LogP contribution in [0, 0.1) is 12.7 Å². The molecule has 2 heterocycles. The Morgan fingerprint density at radius 2 is 1.77 bits per heavy atom. The average Bonchev–Trinajstić information content (AvgIpc) is 2.78. The number of halogens is 1. The average molecular weight is 424 g/mol. The largest absolute Gasteiger partial charge is 0.497 e. The molecular weight excluding hydrogens is 399 g/mol. The maximum Gasteiger partial charge on any atom is 0.236 e. The van der Waals surface area contributed by atoms with Crippen LogP contribution in [-0.4, -0.2) is 61.2 Å². The molecule has 8 heteroatoms. The molecule has 7 nitrogen and oxygen atoms in total. The maximum atomic E-state index is 13.6. The maximum absolute atomic E-state index is 13.6. The molecule has 1 aliphatic heterocycles. The predicted molar refractivity (Wildman–Crippen MR) is 116 cm³/mol. The molecule has 0 atom stereocenters. The van der Waals surface area contributed by atoms with E-state index >= 15 is 0 Å². The van der Waals surface area contributed by atoms with Crippen LogP contribution in [0.15, 0.2) is 36.4 Å². The molecule has 0 spiro atoms. The second kappa shape index (κ2) is 8.75. The van der Waals surface area contributed by atoms with Crippen LogP contribution in [-0.2, 0) is 11.2 Å². The third kappa shape index (κ3) is 4.52. The normalized spacial score (nSPS) is 14.1. The number of rotatable bonds is 5. The highest BCUT2D eigenvalue weighted by Gasteiger charge is 2.24. The zero-order valence-corrected chi connectivity index (χ0v) is 17.9.